The van der Waals surface area contributed by atoms with Crippen molar-refractivity contribution in [2.24, 2.45) is 0 Å². The fourth-order valence-electron chi connectivity index (χ4n) is 2.46. The first kappa shape index (κ1) is 21.9. The van der Waals surface area contributed by atoms with Crippen LogP contribution < -0.4 is 4.90 Å². The molecule has 0 aliphatic heterocycles. The maximum Gasteiger partial charge on any atom is 0.458 e. The van der Waals surface area contributed by atoms with Crippen LogP contribution in [0.2, 0.25) is 0 Å². The molecule has 0 amide bonds. The molecule has 0 fully saturated rings. The molecule has 28 heavy (non-hydrogen) atoms. The van der Waals surface area contributed by atoms with E-state index in [1.807, 2.05) is 0 Å². The summed E-state index contributed by atoms with van der Waals surface area (Å²) in [6.45, 7) is 0.532. The molecule has 0 radical (unpaired) electrons. The van der Waals surface area contributed by atoms with Gasteiger partial charge in [0, 0.05) is 16.9 Å². The van der Waals surface area contributed by atoms with E-state index in [1.165, 1.54) is 18.2 Å². The van der Waals surface area contributed by atoms with Crippen molar-refractivity contribution in [1.82, 2.24) is 0 Å². The van der Waals surface area contributed by atoms with E-state index < -0.39 is 36.5 Å². The zero-order valence-electron chi connectivity index (χ0n) is 14.3. The number of aliphatic hydroxyl groups is 1. The second-order valence-corrected chi connectivity index (χ2v) is 6.13. The highest BCUT2D eigenvalue weighted by molar-refractivity contribution is 5.65. The Kier molecular flexibility index (Phi) is 5.93. The molecule has 154 valence electrons. The molecule has 1 atom stereocenters. The highest BCUT2D eigenvalue weighted by Crippen LogP contribution is 2.45. The molecule has 0 heterocycles. The summed E-state index contributed by atoms with van der Waals surface area (Å²) in [6.07, 6.45) is -13.7. The summed E-state index contributed by atoms with van der Waals surface area (Å²) in [6, 6.07) is 8.82. The van der Waals surface area contributed by atoms with Gasteiger partial charge >= 0.3 is 18.3 Å². The van der Waals surface area contributed by atoms with Crippen LogP contribution in [0.1, 0.15) is 11.1 Å². The zero-order valence-corrected chi connectivity index (χ0v) is 14.3. The van der Waals surface area contributed by atoms with Crippen molar-refractivity contribution in [1.29, 1.82) is 0 Å². The summed E-state index contributed by atoms with van der Waals surface area (Å²) in [5, 5.41) is 9.41. The number of aryl methyl sites for hydroxylation is 1. The molecule has 0 unspecified atom stereocenters. The Hall–Kier alpha value is -2.36. The fourth-order valence-corrected chi connectivity index (χ4v) is 2.46. The third-order valence-electron chi connectivity index (χ3n) is 3.92. The Morgan fingerprint density at radius 2 is 1.39 bits per heavy atom. The zero-order chi connectivity index (χ0) is 21.3. The van der Waals surface area contributed by atoms with Gasteiger partial charge in [0.2, 0.25) is 0 Å². The molecular weight excluding hydrogens is 398 g/mol. The van der Waals surface area contributed by atoms with Crippen molar-refractivity contribution in [3.05, 3.63) is 59.7 Å². The van der Waals surface area contributed by atoms with E-state index >= 15 is 0 Å². The van der Waals surface area contributed by atoms with Crippen LogP contribution in [0.25, 0.3) is 0 Å². The Bertz CT molecular complexity index is 816. The maximum absolute atomic E-state index is 13.7. The van der Waals surface area contributed by atoms with Gasteiger partial charge in [0.1, 0.15) is 0 Å². The van der Waals surface area contributed by atoms with Crippen molar-refractivity contribution < 1.29 is 40.2 Å². The fraction of sp³-hybridized carbons (Fsp3) is 0.333. The summed E-state index contributed by atoms with van der Waals surface area (Å²) in [7, 11) is 0. The van der Waals surface area contributed by atoms with Crippen molar-refractivity contribution in [3.63, 3.8) is 0 Å². The standard InChI is InChI=1S/C18H15F8NO/c1-11-4-2-6-13(8-11)27(10-15(28)17(21,22)23)14-7-3-5-12(9-14)16(19,20)18(24,25)26/h2-9,15,28H,10H2,1H3/t15-/m1/s1. The number of aliphatic hydroxyl groups excluding tert-OH is 1. The van der Waals surface area contributed by atoms with E-state index in [4.69, 9.17) is 0 Å². The topological polar surface area (TPSA) is 23.5 Å². The van der Waals surface area contributed by atoms with E-state index in [2.05, 4.69) is 0 Å². The van der Waals surface area contributed by atoms with Crippen LogP contribution in [0.15, 0.2) is 48.5 Å². The summed E-state index contributed by atoms with van der Waals surface area (Å²) in [4.78, 5) is 0.834. The molecule has 2 nitrogen and oxygen atoms in total. The van der Waals surface area contributed by atoms with Gasteiger partial charge in [-0.25, -0.2) is 0 Å². The monoisotopic (exact) mass is 413 g/mol. The van der Waals surface area contributed by atoms with Crippen LogP contribution in [0.5, 0.6) is 0 Å². The van der Waals surface area contributed by atoms with Crippen LogP contribution in [0.4, 0.5) is 46.5 Å². The third-order valence-corrected chi connectivity index (χ3v) is 3.92. The van der Waals surface area contributed by atoms with Gasteiger partial charge in [-0.05, 0) is 36.8 Å². The van der Waals surface area contributed by atoms with Crippen molar-refractivity contribution >= 4 is 11.4 Å². The van der Waals surface area contributed by atoms with Crippen LogP contribution in [-0.2, 0) is 5.92 Å². The van der Waals surface area contributed by atoms with Gasteiger partial charge in [0.05, 0.1) is 6.54 Å². The lowest BCUT2D eigenvalue weighted by molar-refractivity contribution is -0.289. The van der Waals surface area contributed by atoms with Crippen molar-refractivity contribution in [3.8, 4) is 0 Å². The van der Waals surface area contributed by atoms with Crippen LogP contribution in [0.3, 0.4) is 0 Å². The molecule has 0 saturated carbocycles. The molecule has 0 saturated heterocycles. The number of nitrogens with zero attached hydrogens (tertiary/aromatic N) is 1. The predicted octanol–water partition coefficient (Wildman–Crippen LogP) is 5.71. The van der Waals surface area contributed by atoms with Crippen LogP contribution >= 0.6 is 0 Å². The molecule has 1 N–H and O–H groups in total. The highest BCUT2D eigenvalue weighted by Gasteiger charge is 2.58. The minimum absolute atomic E-state index is 0.0933. The number of rotatable bonds is 5. The number of hydrogen-bond acceptors (Lipinski definition) is 2. The molecule has 2 aromatic rings. The largest absolute Gasteiger partial charge is 0.458 e. The van der Waals surface area contributed by atoms with Gasteiger partial charge in [-0.2, -0.15) is 35.1 Å². The highest BCUT2D eigenvalue weighted by atomic mass is 19.4. The summed E-state index contributed by atoms with van der Waals surface area (Å²) in [5.41, 5.74) is -1.07. The molecule has 10 heteroatoms. The average Bonchev–Trinajstić information content (AvgIpc) is 2.57. The number of alkyl halides is 8. The Labute approximate surface area is 155 Å². The number of anilines is 2. The van der Waals surface area contributed by atoms with Gasteiger partial charge in [-0.1, -0.05) is 24.3 Å². The van der Waals surface area contributed by atoms with E-state index in [0.29, 0.717) is 17.7 Å². The van der Waals surface area contributed by atoms with Gasteiger partial charge in [-0.3, -0.25) is 0 Å². The third kappa shape index (κ3) is 4.73. The minimum atomic E-state index is -5.87. The second-order valence-electron chi connectivity index (χ2n) is 6.13. The normalized spacial score (nSPS) is 14.1. The maximum atomic E-state index is 13.7. The van der Waals surface area contributed by atoms with E-state index in [0.717, 1.165) is 17.0 Å². The Balaban J connectivity index is 2.54. The first-order chi connectivity index (χ1) is 12.7. The SMILES string of the molecule is Cc1cccc(N(C[C@@H](O)C(F)(F)F)c2cccc(C(F)(F)C(F)(F)F)c2)c1. The Morgan fingerprint density at radius 3 is 1.89 bits per heavy atom. The number of benzene rings is 2. The molecular formula is C18H15F8NO. The first-order valence-corrected chi connectivity index (χ1v) is 7.87. The van der Waals surface area contributed by atoms with Crippen molar-refractivity contribution in [2.75, 3.05) is 11.4 Å². The Morgan fingerprint density at radius 1 is 0.857 bits per heavy atom. The van der Waals surface area contributed by atoms with Gasteiger partial charge < -0.3 is 10.0 Å². The average molecular weight is 413 g/mol. The van der Waals surface area contributed by atoms with Crippen LogP contribution in [0, 0.1) is 6.92 Å². The summed E-state index contributed by atoms with van der Waals surface area (Å²) >= 11 is 0. The summed E-state index contributed by atoms with van der Waals surface area (Å²) in [5.74, 6) is -5.19. The molecule has 0 spiro atoms. The number of halogens is 8. The lowest BCUT2D eigenvalue weighted by Gasteiger charge is -2.29. The molecule has 0 aliphatic rings. The lowest BCUT2D eigenvalue weighted by Crippen LogP contribution is -2.39. The number of hydrogen-bond donors (Lipinski definition) is 1. The first-order valence-electron chi connectivity index (χ1n) is 7.87. The van der Waals surface area contributed by atoms with E-state index in [9.17, 15) is 40.2 Å². The predicted molar refractivity (Wildman–Crippen MR) is 86.6 cm³/mol. The van der Waals surface area contributed by atoms with Crippen molar-refractivity contribution in [2.45, 2.75) is 31.3 Å². The minimum Gasteiger partial charge on any atom is -0.382 e. The quantitative estimate of drug-likeness (QED) is 0.635. The van der Waals surface area contributed by atoms with E-state index in [1.54, 1.807) is 13.0 Å². The smallest absolute Gasteiger partial charge is 0.382 e. The van der Waals surface area contributed by atoms with Gasteiger partial charge in [0.25, 0.3) is 0 Å². The molecule has 2 aromatic carbocycles. The van der Waals surface area contributed by atoms with E-state index in [-0.39, 0.29) is 11.4 Å². The summed E-state index contributed by atoms with van der Waals surface area (Å²) < 4.78 is 104. The molecule has 0 bridgehead atoms. The molecule has 2 rings (SSSR count). The second kappa shape index (κ2) is 7.57. The van der Waals surface area contributed by atoms with Gasteiger partial charge in [0.15, 0.2) is 6.10 Å². The van der Waals surface area contributed by atoms with Crippen LogP contribution in [-0.4, -0.2) is 30.1 Å². The lowest BCUT2D eigenvalue weighted by atomic mass is 10.1. The van der Waals surface area contributed by atoms with Gasteiger partial charge in [-0.15, -0.1) is 0 Å². The molecule has 0 aromatic heterocycles. The molecule has 0 aliphatic carbocycles.